The van der Waals surface area contributed by atoms with Gasteiger partial charge in [-0.25, -0.2) is 4.98 Å². The molecule has 4 rings (SSSR count). The number of para-hydroxylation sites is 2. The van der Waals surface area contributed by atoms with Crippen molar-refractivity contribution < 1.29 is 9.53 Å². The number of primary amides is 1. The highest BCUT2D eigenvalue weighted by Gasteiger charge is 2.15. The maximum Gasteiger partial charge on any atom is 0.225 e. The molecule has 4 N–H and O–H groups in total. The second-order valence-electron chi connectivity index (χ2n) is 6.82. The van der Waals surface area contributed by atoms with Crippen LogP contribution in [0, 0.1) is 0 Å². The third-order valence-corrected chi connectivity index (χ3v) is 4.69. The van der Waals surface area contributed by atoms with Gasteiger partial charge in [-0.3, -0.25) is 4.79 Å². The SMILES string of the molecule is NC(=O)Cc1nc2ccccc2n1C[C@H](N)COc1cccc2ccccc12. The van der Waals surface area contributed by atoms with E-state index in [1.807, 2.05) is 59.2 Å². The zero-order valence-electron chi connectivity index (χ0n) is 15.4. The maximum absolute atomic E-state index is 11.4. The zero-order valence-corrected chi connectivity index (χ0v) is 15.4. The number of rotatable bonds is 7. The number of nitrogens with zero attached hydrogens (tertiary/aromatic N) is 2. The molecule has 0 unspecified atom stereocenters. The summed E-state index contributed by atoms with van der Waals surface area (Å²) in [5.74, 6) is 1.01. The van der Waals surface area contributed by atoms with Gasteiger partial charge in [-0.15, -0.1) is 0 Å². The smallest absolute Gasteiger partial charge is 0.225 e. The van der Waals surface area contributed by atoms with E-state index in [1.165, 1.54) is 0 Å². The van der Waals surface area contributed by atoms with Gasteiger partial charge in [0.25, 0.3) is 0 Å². The lowest BCUT2D eigenvalue weighted by atomic mass is 10.1. The lowest BCUT2D eigenvalue weighted by Gasteiger charge is -2.17. The quantitative estimate of drug-likeness (QED) is 0.520. The largest absolute Gasteiger partial charge is 0.491 e. The number of fused-ring (bicyclic) bond motifs is 2. The van der Waals surface area contributed by atoms with Crippen molar-refractivity contribution in [3.63, 3.8) is 0 Å². The molecule has 0 aliphatic carbocycles. The summed E-state index contributed by atoms with van der Waals surface area (Å²) in [5.41, 5.74) is 13.5. The molecular formula is C22H22N4O2. The number of benzene rings is 3. The van der Waals surface area contributed by atoms with Crippen LogP contribution in [0.5, 0.6) is 5.75 Å². The highest BCUT2D eigenvalue weighted by atomic mass is 16.5. The molecule has 4 aromatic rings. The van der Waals surface area contributed by atoms with Crippen LogP contribution in [0.4, 0.5) is 0 Å². The Bertz CT molecular complexity index is 1130. The summed E-state index contributed by atoms with van der Waals surface area (Å²) in [6.07, 6.45) is 0.0750. The Kier molecular flexibility index (Phi) is 4.95. The zero-order chi connectivity index (χ0) is 19.5. The number of amides is 1. The van der Waals surface area contributed by atoms with Crippen LogP contribution in [0.3, 0.4) is 0 Å². The molecular weight excluding hydrogens is 352 g/mol. The molecule has 0 aliphatic heterocycles. The van der Waals surface area contributed by atoms with E-state index in [0.29, 0.717) is 19.0 Å². The Morgan fingerprint density at radius 3 is 2.64 bits per heavy atom. The van der Waals surface area contributed by atoms with Crippen molar-refractivity contribution in [3.05, 3.63) is 72.6 Å². The van der Waals surface area contributed by atoms with Gasteiger partial charge in [-0.1, -0.05) is 48.5 Å². The number of imidazole rings is 1. The molecule has 0 saturated carbocycles. The number of hydrogen-bond acceptors (Lipinski definition) is 4. The average Bonchev–Trinajstić information content (AvgIpc) is 3.02. The number of aromatic nitrogens is 2. The molecule has 3 aromatic carbocycles. The van der Waals surface area contributed by atoms with E-state index in [1.54, 1.807) is 0 Å². The Hall–Kier alpha value is -3.38. The monoisotopic (exact) mass is 374 g/mol. The van der Waals surface area contributed by atoms with Gasteiger partial charge in [-0.05, 0) is 23.6 Å². The van der Waals surface area contributed by atoms with Crippen molar-refractivity contribution in [1.29, 1.82) is 0 Å². The van der Waals surface area contributed by atoms with Crippen LogP contribution < -0.4 is 16.2 Å². The second-order valence-corrected chi connectivity index (χ2v) is 6.82. The fraction of sp³-hybridized carbons (Fsp3) is 0.182. The molecule has 0 radical (unpaired) electrons. The topological polar surface area (TPSA) is 96.2 Å². The average molecular weight is 374 g/mol. The standard InChI is InChI=1S/C22H22N4O2/c23-16(14-28-20-11-5-7-15-6-1-2-8-17(15)20)13-26-19-10-4-3-9-18(19)25-22(26)12-21(24)27/h1-11,16H,12-14,23H2,(H2,24,27)/t16-/m0/s1. The number of nitrogens with two attached hydrogens (primary N) is 2. The van der Waals surface area contributed by atoms with Gasteiger partial charge in [-0.2, -0.15) is 0 Å². The molecule has 28 heavy (non-hydrogen) atoms. The lowest BCUT2D eigenvalue weighted by molar-refractivity contribution is -0.117. The lowest BCUT2D eigenvalue weighted by Crippen LogP contribution is -2.33. The predicted octanol–water partition coefficient (Wildman–Crippen LogP) is 2.62. The first-order valence-corrected chi connectivity index (χ1v) is 9.20. The molecule has 1 aromatic heterocycles. The minimum absolute atomic E-state index is 0.0750. The van der Waals surface area contributed by atoms with Gasteiger partial charge in [0.2, 0.25) is 5.91 Å². The molecule has 1 atom stereocenters. The fourth-order valence-corrected chi connectivity index (χ4v) is 3.43. The fourth-order valence-electron chi connectivity index (χ4n) is 3.43. The molecule has 0 aliphatic rings. The maximum atomic E-state index is 11.4. The summed E-state index contributed by atoms with van der Waals surface area (Å²) in [5, 5.41) is 2.18. The van der Waals surface area contributed by atoms with E-state index in [9.17, 15) is 4.79 Å². The number of ether oxygens (including phenoxy) is 1. The highest BCUT2D eigenvalue weighted by molar-refractivity contribution is 5.88. The van der Waals surface area contributed by atoms with Gasteiger partial charge in [0.1, 0.15) is 18.2 Å². The highest BCUT2D eigenvalue weighted by Crippen LogP contribution is 2.25. The van der Waals surface area contributed by atoms with Crippen molar-refractivity contribution in [3.8, 4) is 5.75 Å². The van der Waals surface area contributed by atoms with Gasteiger partial charge in [0.15, 0.2) is 0 Å². The molecule has 0 saturated heterocycles. The van der Waals surface area contributed by atoms with E-state index >= 15 is 0 Å². The van der Waals surface area contributed by atoms with Crippen LogP contribution in [0.15, 0.2) is 66.7 Å². The summed E-state index contributed by atoms with van der Waals surface area (Å²) < 4.78 is 7.97. The predicted molar refractivity (Wildman–Crippen MR) is 110 cm³/mol. The Labute approximate surface area is 162 Å². The normalized spacial score (nSPS) is 12.3. The number of carbonyl (C=O) groups is 1. The second kappa shape index (κ2) is 7.70. The molecule has 0 fully saturated rings. The van der Waals surface area contributed by atoms with Gasteiger partial charge < -0.3 is 20.8 Å². The van der Waals surface area contributed by atoms with Crippen LogP contribution in [0.1, 0.15) is 5.82 Å². The molecule has 1 heterocycles. The summed E-state index contributed by atoms with van der Waals surface area (Å²) >= 11 is 0. The van der Waals surface area contributed by atoms with Gasteiger partial charge in [0.05, 0.1) is 23.5 Å². The van der Waals surface area contributed by atoms with Gasteiger partial charge >= 0.3 is 0 Å². The van der Waals surface area contributed by atoms with E-state index < -0.39 is 5.91 Å². The Morgan fingerprint density at radius 2 is 1.79 bits per heavy atom. The van der Waals surface area contributed by atoms with Crippen molar-refractivity contribution in [2.75, 3.05) is 6.61 Å². The van der Waals surface area contributed by atoms with Crippen LogP contribution in [0.25, 0.3) is 21.8 Å². The molecule has 142 valence electrons. The first-order chi connectivity index (χ1) is 13.6. The van der Waals surface area contributed by atoms with Crippen molar-refractivity contribution in [2.24, 2.45) is 11.5 Å². The first-order valence-electron chi connectivity index (χ1n) is 9.20. The number of hydrogen-bond donors (Lipinski definition) is 2. The van der Waals surface area contributed by atoms with Crippen molar-refractivity contribution >= 4 is 27.7 Å². The van der Waals surface area contributed by atoms with Crippen molar-refractivity contribution in [1.82, 2.24) is 9.55 Å². The molecule has 6 nitrogen and oxygen atoms in total. The van der Waals surface area contributed by atoms with E-state index in [-0.39, 0.29) is 12.5 Å². The summed E-state index contributed by atoms with van der Waals surface area (Å²) in [6, 6.07) is 21.5. The molecule has 0 bridgehead atoms. The number of carbonyl (C=O) groups excluding carboxylic acids is 1. The third-order valence-electron chi connectivity index (χ3n) is 4.69. The molecule has 0 spiro atoms. The van der Waals surface area contributed by atoms with E-state index in [2.05, 4.69) is 17.1 Å². The summed E-state index contributed by atoms with van der Waals surface area (Å²) in [4.78, 5) is 16.0. The van der Waals surface area contributed by atoms with Gasteiger partial charge in [0, 0.05) is 11.9 Å². The van der Waals surface area contributed by atoms with Crippen LogP contribution in [-0.4, -0.2) is 28.1 Å². The van der Waals surface area contributed by atoms with E-state index in [0.717, 1.165) is 27.6 Å². The minimum Gasteiger partial charge on any atom is -0.491 e. The minimum atomic E-state index is -0.419. The van der Waals surface area contributed by atoms with Crippen LogP contribution in [0.2, 0.25) is 0 Å². The molecule has 1 amide bonds. The molecule has 6 heteroatoms. The Morgan fingerprint density at radius 1 is 1.04 bits per heavy atom. The van der Waals surface area contributed by atoms with E-state index in [4.69, 9.17) is 16.2 Å². The summed E-state index contributed by atoms with van der Waals surface area (Å²) in [6.45, 7) is 0.824. The first kappa shape index (κ1) is 18.0. The van der Waals surface area contributed by atoms with Crippen LogP contribution in [-0.2, 0) is 17.8 Å². The Balaban J connectivity index is 1.53. The summed E-state index contributed by atoms with van der Waals surface area (Å²) in [7, 11) is 0. The van der Waals surface area contributed by atoms with Crippen LogP contribution >= 0.6 is 0 Å². The van der Waals surface area contributed by atoms with Crippen molar-refractivity contribution in [2.45, 2.75) is 19.0 Å². The third kappa shape index (κ3) is 3.68.